The summed E-state index contributed by atoms with van der Waals surface area (Å²) >= 11 is 12.5. The highest BCUT2D eigenvalue weighted by Gasteiger charge is 2.45. The largest absolute Gasteiger partial charge is 0.497 e. The Morgan fingerprint density at radius 1 is 1.00 bits per heavy atom. The number of rotatable bonds is 7. The molecule has 2 heterocycles. The van der Waals surface area contributed by atoms with E-state index in [-0.39, 0.29) is 24.3 Å². The van der Waals surface area contributed by atoms with Gasteiger partial charge in [-0.1, -0.05) is 47.5 Å². The smallest absolute Gasteiger partial charge is 0.232 e. The monoisotopic (exact) mass is 579 g/mol. The van der Waals surface area contributed by atoms with Gasteiger partial charge in [0.1, 0.15) is 23.4 Å². The molecule has 208 valence electrons. The third-order valence-electron chi connectivity index (χ3n) is 7.12. The molecule has 0 bridgehead atoms. The average Bonchev–Trinajstić information content (AvgIpc) is 3.33. The highest BCUT2D eigenvalue weighted by molar-refractivity contribution is 6.30. The highest BCUT2D eigenvalue weighted by atomic mass is 35.5. The summed E-state index contributed by atoms with van der Waals surface area (Å²) in [7, 11) is 1.60. The molecule has 0 aromatic heterocycles. The van der Waals surface area contributed by atoms with Crippen molar-refractivity contribution in [3.05, 3.63) is 93.5 Å². The molecule has 7 nitrogen and oxygen atoms in total. The highest BCUT2D eigenvalue weighted by Crippen LogP contribution is 2.46. The van der Waals surface area contributed by atoms with Gasteiger partial charge in [0, 0.05) is 35.0 Å². The Hall–Kier alpha value is -3.55. The molecule has 3 unspecified atom stereocenters. The molecule has 2 amide bonds. The second-order valence-corrected chi connectivity index (χ2v) is 11.1. The van der Waals surface area contributed by atoms with Crippen LogP contribution in [0.3, 0.4) is 0 Å². The van der Waals surface area contributed by atoms with Crippen LogP contribution < -0.4 is 14.8 Å². The fourth-order valence-electron chi connectivity index (χ4n) is 5.24. The summed E-state index contributed by atoms with van der Waals surface area (Å²) in [6, 6.07) is 19.5. The van der Waals surface area contributed by atoms with Crippen molar-refractivity contribution in [2.45, 2.75) is 44.9 Å². The molecule has 9 heteroatoms. The van der Waals surface area contributed by atoms with Gasteiger partial charge in [0.15, 0.2) is 0 Å². The summed E-state index contributed by atoms with van der Waals surface area (Å²) in [5, 5.41) is 4.03. The zero-order chi connectivity index (χ0) is 28.4. The molecule has 2 aliphatic rings. The SMILES string of the molecule is COc1ccc(C2=NC(c3ccc(Cl)cc3)C(c3ccc(Cl)cc3)N2C(=O)C2CCNC(=O)C2)c(OC(C)C)c1. The van der Waals surface area contributed by atoms with Crippen LogP contribution in [0.1, 0.15) is 55.5 Å². The van der Waals surface area contributed by atoms with Gasteiger partial charge in [-0.15, -0.1) is 0 Å². The number of aliphatic imine (C=N–C) groups is 1. The number of carbonyl (C=O) groups excluding carboxylic acids is 2. The lowest BCUT2D eigenvalue weighted by Crippen LogP contribution is -2.46. The van der Waals surface area contributed by atoms with Crippen molar-refractivity contribution in [2.75, 3.05) is 13.7 Å². The van der Waals surface area contributed by atoms with Gasteiger partial charge in [-0.2, -0.15) is 0 Å². The molecule has 2 aliphatic heterocycles. The number of hydrogen-bond acceptors (Lipinski definition) is 5. The summed E-state index contributed by atoms with van der Waals surface area (Å²) in [5.41, 5.74) is 2.44. The Kier molecular flexibility index (Phi) is 8.33. The van der Waals surface area contributed by atoms with E-state index in [9.17, 15) is 9.59 Å². The van der Waals surface area contributed by atoms with Gasteiger partial charge in [0.2, 0.25) is 11.8 Å². The quantitative estimate of drug-likeness (QED) is 0.352. The van der Waals surface area contributed by atoms with Crippen LogP contribution in [0, 0.1) is 5.92 Å². The lowest BCUT2D eigenvalue weighted by Gasteiger charge is -2.34. The number of amides is 2. The molecule has 1 N–H and O–H groups in total. The van der Waals surface area contributed by atoms with E-state index in [0.717, 1.165) is 11.1 Å². The van der Waals surface area contributed by atoms with E-state index in [1.54, 1.807) is 12.0 Å². The Bertz CT molecular complexity index is 1420. The first-order valence-electron chi connectivity index (χ1n) is 13.3. The fraction of sp³-hybridized carbons (Fsp3) is 0.323. The number of halogens is 2. The number of methoxy groups -OCH3 is 1. The first-order chi connectivity index (χ1) is 19.2. The maximum Gasteiger partial charge on any atom is 0.232 e. The number of ether oxygens (including phenoxy) is 2. The number of hydrogen-bond donors (Lipinski definition) is 1. The van der Waals surface area contributed by atoms with Gasteiger partial charge in [0.25, 0.3) is 0 Å². The minimum atomic E-state index is -0.486. The summed E-state index contributed by atoms with van der Waals surface area (Å²) in [4.78, 5) is 33.7. The maximum atomic E-state index is 14.4. The van der Waals surface area contributed by atoms with Gasteiger partial charge in [-0.25, -0.2) is 0 Å². The average molecular weight is 581 g/mol. The Balaban J connectivity index is 1.71. The van der Waals surface area contributed by atoms with Gasteiger partial charge >= 0.3 is 0 Å². The minimum absolute atomic E-state index is 0.125. The number of carbonyl (C=O) groups is 2. The summed E-state index contributed by atoms with van der Waals surface area (Å²) < 4.78 is 11.7. The Labute approximate surface area is 244 Å². The van der Waals surface area contributed by atoms with Crippen LogP contribution in [0.4, 0.5) is 0 Å². The lowest BCUT2D eigenvalue weighted by molar-refractivity contribution is -0.138. The van der Waals surface area contributed by atoms with Crippen molar-refractivity contribution in [3.63, 3.8) is 0 Å². The van der Waals surface area contributed by atoms with Gasteiger partial charge in [-0.3, -0.25) is 19.5 Å². The van der Waals surface area contributed by atoms with E-state index in [4.69, 9.17) is 37.7 Å². The minimum Gasteiger partial charge on any atom is -0.497 e. The van der Waals surface area contributed by atoms with Crippen molar-refractivity contribution < 1.29 is 19.1 Å². The zero-order valence-electron chi connectivity index (χ0n) is 22.6. The summed E-state index contributed by atoms with van der Waals surface area (Å²) in [6.07, 6.45) is 0.545. The van der Waals surface area contributed by atoms with Crippen LogP contribution in [0.15, 0.2) is 71.7 Å². The van der Waals surface area contributed by atoms with E-state index in [0.29, 0.717) is 45.9 Å². The standard InChI is InChI=1S/C31H31Cl2N3O4/c1-18(2)40-26-17-24(39-3)12-13-25(26)30-35-28(19-4-8-22(32)9-5-19)29(20-6-10-23(33)11-7-20)36(30)31(38)21-14-15-34-27(37)16-21/h4-13,17-18,21,28-29H,14-16H2,1-3H3,(H,34,37). The van der Waals surface area contributed by atoms with Crippen LogP contribution >= 0.6 is 23.2 Å². The molecule has 0 aliphatic carbocycles. The molecular weight excluding hydrogens is 549 g/mol. The molecule has 3 atom stereocenters. The molecule has 0 radical (unpaired) electrons. The predicted molar refractivity (Wildman–Crippen MR) is 156 cm³/mol. The van der Waals surface area contributed by atoms with Gasteiger partial charge < -0.3 is 14.8 Å². The first kappa shape index (κ1) is 28.0. The van der Waals surface area contributed by atoms with Crippen LogP contribution in [0.5, 0.6) is 11.5 Å². The van der Waals surface area contributed by atoms with Gasteiger partial charge in [-0.05, 0) is 67.8 Å². The fourth-order valence-corrected chi connectivity index (χ4v) is 5.50. The number of amidine groups is 1. The molecule has 1 fully saturated rings. The van der Waals surface area contributed by atoms with Crippen molar-refractivity contribution >= 4 is 40.9 Å². The van der Waals surface area contributed by atoms with E-state index in [2.05, 4.69) is 5.32 Å². The third kappa shape index (κ3) is 5.81. The van der Waals surface area contributed by atoms with Crippen LogP contribution in [0.2, 0.25) is 10.0 Å². The summed E-state index contributed by atoms with van der Waals surface area (Å²) in [6.45, 7) is 4.33. The molecule has 3 aromatic rings. The second kappa shape index (κ2) is 11.9. The topological polar surface area (TPSA) is 80.2 Å². The Morgan fingerprint density at radius 3 is 2.25 bits per heavy atom. The third-order valence-corrected chi connectivity index (χ3v) is 7.62. The molecule has 1 saturated heterocycles. The molecule has 0 saturated carbocycles. The van der Waals surface area contributed by atoms with E-state index < -0.39 is 18.0 Å². The normalized spacial score (nSPS) is 20.8. The zero-order valence-corrected chi connectivity index (χ0v) is 24.1. The number of nitrogens with zero attached hydrogens (tertiary/aromatic N) is 2. The maximum absolute atomic E-state index is 14.4. The molecule has 5 rings (SSSR count). The van der Waals surface area contributed by atoms with E-state index >= 15 is 0 Å². The summed E-state index contributed by atoms with van der Waals surface area (Å²) in [5.74, 6) is 0.894. The first-order valence-corrected chi connectivity index (χ1v) is 14.0. The van der Waals surface area contributed by atoms with Crippen molar-refractivity contribution in [1.82, 2.24) is 10.2 Å². The number of nitrogens with one attached hydrogen (secondary N) is 1. The van der Waals surface area contributed by atoms with E-state index in [1.165, 1.54) is 0 Å². The van der Waals surface area contributed by atoms with E-state index in [1.807, 2.05) is 80.6 Å². The molecular formula is C31H31Cl2N3O4. The number of piperidine rings is 1. The second-order valence-electron chi connectivity index (χ2n) is 10.2. The van der Waals surface area contributed by atoms with Crippen LogP contribution in [0.25, 0.3) is 0 Å². The van der Waals surface area contributed by atoms with Crippen LogP contribution in [-0.2, 0) is 9.59 Å². The van der Waals surface area contributed by atoms with Gasteiger partial charge in [0.05, 0.1) is 24.8 Å². The van der Waals surface area contributed by atoms with Crippen molar-refractivity contribution in [1.29, 1.82) is 0 Å². The van der Waals surface area contributed by atoms with Crippen molar-refractivity contribution in [3.8, 4) is 11.5 Å². The predicted octanol–water partition coefficient (Wildman–Crippen LogP) is 6.39. The molecule has 40 heavy (non-hydrogen) atoms. The molecule has 3 aromatic carbocycles. The Morgan fingerprint density at radius 2 is 1.65 bits per heavy atom. The van der Waals surface area contributed by atoms with Crippen molar-refractivity contribution in [2.24, 2.45) is 10.9 Å². The number of benzene rings is 3. The molecule has 0 spiro atoms. The lowest BCUT2D eigenvalue weighted by atomic mass is 9.90. The van der Waals surface area contributed by atoms with Crippen LogP contribution in [-0.4, -0.2) is 42.3 Å².